The van der Waals surface area contributed by atoms with Gasteiger partial charge in [0, 0.05) is 11.1 Å². The second kappa shape index (κ2) is 7.04. The number of hydrogen-bond acceptors (Lipinski definition) is 4. The first-order chi connectivity index (χ1) is 12.7. The molecule has 1 saturated heterocycles. The van der Waals surface area contributed by atoms with E-state index in [1.807, 2.05) is 32.0 Å². The summed E-state index contributed by atoms with van der Waals surface area (Å²) >= 11 is 0. The summed E-state index contributed by atoms with van der Waals surface area (Å²) in [7, 11) is 0. The number of nitrogens with zero attached hydrogens (tertiary/aromatic N) is 1. The highest BCUT2D eigenvalue weighted by molar-refractivity contribution is 6.00. The number of carbonyl (C=O) groups is 1. The third kappa shape index (κ3) is 3.95. The van der Waals surface area contributed by atoms with Gasteiger partial charge in [-0.15, -0.1) is 0 Å². The van der Waals surface area contributed by atoms with Gasteiger partial charge < -0.3 is 20.7 Å². The van der Waals surface area contributed by atoms with Crippen LogP contribution < -0.4 is 10.6 Å². The van der Waals surface area contributed by atoms with E-state index in [2.05, 4.69) is 41.4 Å². The quantitative estimate of drug-likeness (QED) is 0.615. The van der Waals surface area contributed by atoms with Crippen LogP contribution in [0, 0.1) is 13.8 Å². The van der Waals surface area contributed by atoms with E-state index in [1.165, 1.54) is 0 Å². The second-order valence-electron chi connectivity index (χ2n) is 7.88. The molecule has 1 aliphatic rings. The molecule has 1 aromatic heterocycles. The van der Waals surface area contributed by atoms with Gasteiger partial charge in [-0.25, -0.2) is 4.98 Å². The van der Waals surface area contributed by atoms with E-state index in [1.54, 1.807) is 18.5 Å². The van der Waals surface area contributed by atoms with Crippen LogP contribution in [0.25, 0.3) is 12.2 Å². The molecular weight excluding hydrogens is 340 g/mol. The molecule has 6 nitrogen and oxygen atoms in total. The Morgan fingerprint density at radius 2 is 1.81 bits per heavy atom. The van der Waals surface area contributed by atoms with Gasteiger partial charge >= 0.3 is 0 Å². The molecule has 1 aromatic carbocycles. The number of imidazole rings is 1. The molecule has 6 heteroatoms. The van der Waals surface area contributed by atoms with Crippen molar-refractivity contribution in [1.82, 2.24) is 20.6 Å². The van der Waals surface area contributed by atoms with Crippen molar-refractivity contribution >= 4 is 18.1 Å². The summed E-state index contributed by atoms with van der Waals surface area (Å²) in [4.78, 5) is 20.0. The summed E-state index contributed by atoms with van der Waals surface area (Å²) in [5.74, 6) is -0.290. The van der Waals surface area contributed by atoms with Gasteiger partial charge in [0.15, 0.2) is 6.23 Å². The number of aromatic nitrogens is 2. The molecule has 0 saturated carbocycles. The number of aryl methyl sites for hydroxylation is 2. The molecule has 2 aromatic rings. The van der Waals surface area contributed by atoms with Gasteiger partial charge in [-0.3, -0.25) is 4.79 Å². The van der Waals surface area contributed by atoms with Crippen LogP contribution in [-0.2, 0) is 10.2 Å². The fourth-order valence-electron chi connectivity index (χ4n) is 3.14. The minimum Gasteiger partial charge on any atom is -0.368 e. The number of hydrogen-bond donors (Lipinski definition) is 4. The van der Waals surface area contributed by atoms with Gasteiger partial charge in [-0.05, 0) is 42.7 Å². The van der Waals surface area contributed by atoms with Gasteiger partial charge in [0.2, 0.25) is 0 Å². The third-order valence-corrected chi connectivity index (χ3v) is 4.63. The molecule has 1 aliphatic heterocycles. The zero-order valence-electron chi connectivity index (χ0n) is 16.3. The van der Waals surface area contributed by atoms with E-state index < -0.39 is 6.23 Å². The second-order valence-corrected chi connectivity index (χ2v) is 7.88. The molecule has 0 spiro atoms. The molecule has 0 radical (unpaired) electrons. The third-order valence-electron chi connectivity index (χ3n) is 4.63. The van der Waals surface area contributed by atoms with Crippen molar-refractivity contribution in [2.45, 2.75) is 46.3 Å². The highest BCUT2D eigenvalue weighted by atomic mass is 16.3. The average molecular weight is 366 g/mol. The minimum absolute atomic E-state index is 0.132. The predicted octanol–water partition coefficient (Wildman–Crippen LogP) is 2.74. The maximum atomic E-state index is 12.6. The zero-order chi connectivity index (χ0) is 19.8. The lowest BCUT2D eigenvalue weighted by molar-refractivity contribution is -0.118. The molecule has 2 heterocycles. The molecule has 1 amide bonds. The Morgan fingerprint density at radius 1 is 1.15 bits per heavy atom. The normalized spacial score (nSPS) is 20.7. The predicted molar refractivity (Wildman–Crippen MR) is 106 cm³/mol. The molecule has 4 N–H and O–H groups in total. The topological polar surface area (TPSA) is 90.0 Å². The first kappa shape index (κ1) is 18.9. The molecule has 1 fully saturated rings. The maximum Gasteiger partial charge on any atom is 0.271 e. The van der Waals surface area contributed by atoms with Crippen LogP contribution in [-0.4, -0.2) is 27.2 Å². The number of benzene rings is 1. The lowest BCUT2D eigenvalue weighted by Crippen LogP contribution is -2.48. The summed E-state index contributed by atoms with van der Waals surface area (Å²) < 4.78 is 0. The number of H-pyrrole nitrogens is 1. The lowest BCUT2D eigenvalue weighted by atomic mass is 9.90. The van der Waals surface area contributed by atoms with Gasteiger partial charge in [-0.1, -0.05) is 39.0 Å². The highest BCUT2D eigenvalue weighted by Gasteiger charge is 2.27. The fraction of sp³-hybridized carbons (Fsp3) is 0.333. The van der Waals surface area contributed by atoms with Crippen molar-refractivity contribution < 1.29 is 9.90 Å². The minimum atomic E-state index is -1.03. The molecule has 1 unspecified atom stereocenters. The smallest absolute Gasteiger partial charge is 0.271 e. The van der Waals surface area contributed by atoms with E-state index >= 15 is 0 Å². The number of rotatable bonds is 2. The Hall–Kier alpha value is -2.86. The van der Waals surface area contributed by atoms with Crippen molar-refractivity contribution in [3.63, 3.8) is 0 Å². The van der Waals surface area contributed by atoms with Crippen LogP contribution >= 0.6 is 0 Å². The van der Waals surface area contributed by atoms with Crippen LogP contribution in [0.4, 0.5) is 0 Å². The number of amides is 1. The van der Waals surface area contributed by atoms with Gasteiger partial charge in [0.05, 0.1) is 17.7 Å². The number of carbonyl (C=O) groups excluding carboxylic acids is 1. The summed E-state index contributed by atoms with van der Waals surface area (Å²) in [6.45, 7) is 10.2. The molecule has 1 atom stereocenters. The Kier molecular flexibility index (Phi) is 4.93. The van der Waals surface area contributed by atoms with Crippen LogP contribution in [0.2, 0.25) is 0 Å². The van der Waals surface area contributed by atoms with E-state index in [0.717, 1.165) is 22.4 Å². The van der Waals surface area contributed by atoms with Gasteiger partial charge in [0.1, 0.15) is 5.70 Å². The van der Waals surface area contributed by atoms with Crippen molar-refractivity contribution in [2.24, 2.45) is 0 Å². The lowest BCUT2D eigenvalue weighted by Gasteiger charge is -2.26. The molecular formula is C21H26N4O2. The first-order valence-corrected chi connectivity index (χ1v) is 8.96. The Morgan fingerprint density at radius 3 is 2.44 bits per heavy atom. The Balaban J connectivity index is 1.89. The SMILES string of the molecule is Cc1cccc(C)c1/C=C1\NC(O)/C(=C/c2nc[nH]c2C(C)(C)C)NC1=O. The molecule has 3 rings (SSSR count). The average Bonchev–Trinajstić information content (AvgIpc) is 3.04. The van der Waals surface area contributed by atoms with Gasteiger partial charge in [-0.2, -0.15) is 0 Å². The monoisotopic (exact) mass is 366 g/mol. The van der Waals surface area contributed by atoms with Crippen LogP contribution in [0.1, 0.15) is 48.8 Å². The number of aromatic amines is 1. The van der Waals surface area contributed by atoms with Crippen molar-refractivity contribution in [3.05, 3.63) is 64.0 Å². The van der Waals surface area contributed by atoms with E-state index in [0.29, 0.717) is 17.1 Å². The summed E-state index contributed by atoms with van der Waals surface area (Å²) in [6.07, 6.45) is 4.06. The van der Waals surface area contributed by atoms with Crippen LogP contribution in [0.15, 0.2) is 35.9 Å². The number of piperazine rings is 1. The Bertz CT molecular complexity index is 912. The summed E-state index contributed by atoms with van der Waals surface area (Å²) in [5, 5.41) is 16.2. The number of aliphatic hydroxyl groups excluding tert-OH is 1. The summed E-state index contributed by atoms with van der Waals surface area (Å²) in [6, 6.07) is 5.97. The molecule has 0 aliphatic carbocycles. The largest absolute Gasteiger partial charge is 0.368 e. The first-order valence-electron chi connectivity index (χ1n) is 8.96. The van der Waals surface area contributed by atoms with E-state index in [9.17, 15) is 9.90 Å². The van der Waals surface area contributed by atoms with Crippen molar-refractivity contribution in [3.8, 4) is 0 Å². The van der Waals surface area contributed by atoms with Crippen LogP contribution in [0.5, 0.6) is 0 Å². The van der Waals surface area contributed by atoms with Crippen LogP contribution in [0.3, 0.4) is 0 Å². The Labute approximate surface area is 159 Å². The van der Waals surface area contributed by atoms with Crippen molar-refractivity contribution in [1.29, 1.82) is 0 Å². The number of nitrogens with one attached hydrogen (secondary N) is 3. The van der Waals surface area contributed by atoms with E-state index in [-0.39, 0.29) is 11.3 Å². The van der Waals surface area contributed by atoms with E-state index in [4.69, 9.17) is 0 Å². The zero-order valence-corrected chi connectivity index (χ0v) is 16.3. The maximum absolute atomic E-state index is 12.6. The highest BCUT2D eigenvalue weighted by Crippen LogP contribution is 2.25. The standard InChI is InChI=1S/C21H26N4O2/c1-12-7-6-8-13(2)14(12)9-16-19(26)25-17(20(27)24-16)10-15-18(21(3,4)5)23-11-22-15/h6-11,20,24,27H,1-5H3,(H,22,23)(H,25,26)/b16-9-,17-10-. The van der Waals surface area contributed by atoms with Crippen molar-refractivity contribution in [2.75, 3.05) is 0 Å². The number of aliphatic hydroxyl groups is 1. The molecule has 27 heavy (non-hydrogen) atoms. The van der Waals surface area contributed by atoms with Gasteiger partial charge in [0.25, 0.3) is 5.91 Å². The molecule has 142 valence electrons. The molecule has 0 bridgehead atoms. The summed E-state index contributed by atoms with van der Waals surface area (Å²) in [5.41, 5.74) is 5.31. The fourth-order valence-corrected chi connectivity index (χ4v) is 3.14.